The number of hydrogen-bond acceptors (Lipinski definition) is 2. The molecule has 0 aliphatic carbocycles. The van der Waals surface area contributed by atoms with Crippen molar-refractivity contribution in [2.75, 3.05) is 5.75 Å². The van der Waals surface area contributed by atoms with E-state index in [0.717, 1.165) is 12.2 Å². The molecular weight excluding hydrogens is 168 g/mol. The smallest absolute Gasteiger partial charge is 0.106 e. The Morgan fingerprint density at radius 3 is 2.92 bits per heavy atom. The van der Waals surface area contributed by atoms with Gasteiger partial charge in [0.1, 0.15) is 5.82 Å². The molecule has 0 fully saturated rings. The zero-order chi connectivity index (χ0) is 8.81. The Kier molecular flexibility index (Phi) is 4.22. The number of aryl methyl sites for hydroxylation is 1. The summed E-state index contributed by atoms with van der Waals surface area (Å²) in [6.45, 7) is 4.32. The van der Waals surface area contributed by atoms with Gasteiger partial charge in [-0.15, -0.1) is 11.8 Å². The number of H-pyrrole nitrogens is 1. The lowest BCUT2D eigenvalue weighted by Crippen LogP contribution is -1.82. The highest BCUT2D eigenvalue weighted by molar-refractivity contribution is 7.99. The largest absolute Gasteiger partial charge is 0.337 e. The number of unbranched alkanes of at least 4 members (excludes halogenated alkanes) is 1. The summed E-state index contributed by atoms with van der Waals surface area (Å²) in [6.07, 6.45) is 5.47. The zero-order valence-electron chi connectivity index (χ0n) is 7.76. The molecule has 0 amide bonds. The number of rotatable bonds is 5. The fraction of sp³-hybridized carbons (Fsp3) is 0.667. The van der Waals surface area contributed by atoms with Crippen molar-refractivity contribution in [3.05, 3.63) is 12.0 Å². The molecule has 0 aliphatic heterocycles. The van der Waals surface area contributed by atoms with Gasteiger partial charge >= 0.3 is 0 Å². The van der Waals surface area contributed by atoms with Crippen LogP contribution in [0.3, 0.4) is 0 Å². The van der Waals surface area contributed by atoms with Gasteiger partial charge in [-0.3, -0.25) is 0 Å². The number of imidazole rings is 1. The van der Waals surface area contributed by atoms with Crippen molar-refractivity contribution < 1.29 is 0 Å². The van der Waals surface area contributed by atoms with Gasteiger partial charge in [-0.2, -0.15) is 0 Å². The molecule has 0 saturated carbocycles. The van der Waals surface area contributed by atoms with Gasteiger partial charge in [0.25, 0.3) is 0 Å². The van der Waals surface area contributed by atoms with Gasteiger partial charge in [-0.05, 0) is 12.2 Å². The molecule has 0 saturated heterocycles. The maximum atomic E-state index is 4.24. The minimum Gasteiger partial charge on any atom is -0.337 e. The van der Waals surface area contributed by atoms with Crippen LogP contribution in [0.15, 0.2) is 11.2 Å². The first-order valence-electron chi connectivity index (χ1n) is 4.53. The van der Waals surface area contributed by atoms with Crippen LogP contribution in [0.25, 0.3) is 0 Å². The maximum Gasteiger partial charge on any atom is 0.106 e. The lowest BCUT2D eigenvalue weighted by atomic mass is 10.4. The second-order valence-electron chi connectivity index (χ2n) is 2.75. The van der Waals surface area contributed by atoms with Crippen LogP contribution in [-0.2, 0) is 6.42 Å². The van der Waals surface area contributed by atoms with Crippen LogP contribution < -0.4 is 0 Å². The third-order valence-corrected chi connectivity index (χ3v) is 2.71. The molecule has 1 aromatic heterocycles. The number of thioether (sulfide) groups is 1. The average Bonchev–Trinajstić information content (AvgIpc) is 2.53. The average molecular weight is 184 g/mol. The minimum atomic E-state index is 0.994. The van der Waals surface area contributed by atoms with Crippen molar-refractivity contribution in [3.63, 3.8) is 0 Å². The highest BCUT2D eigenvalue weighted by Gasteiger charge is 1.97. The van der Waals surface area contributed by atoms with Gasteiger partial charge in [0, 0.05) is 6.42 Å². The Balaban J connectivity index is 2.31. The summed E-state index contributed by atoms with van der Waals surface area (Å²) < 4.78 is 0. The zero-order valence-corrected chi connectivity index (χ0v) is 8.58. The van der Waals surface area contributed by atoms with E-state index in [1.165, 1.54) is 23.6 Å². The predicted octanol–water partition coefficient (Wildman–Crippen LogP) is 2.86. The predicted molar refractivity (Wildman–Crippen MR) is 53.6 cm³/mol. The first kappa shape index (κ1) is 9.65. The summed E-state index contributed by atoms with van der Waals surface area (Å²) in [7, 11) is 0. The first-order valence-corrected chi connectivity index (χ1v) is 5.52. The van der Waals surface area contributed by atoms with E-state index in [-0.39, 0.29) is 0 Å². The summed E-state index contributed by atoms with van der Waals surface area (Å²) in [5.74, 6) is 2.29. The molecule has 2 nitrogen and oxygen atoms in total. The number of aromatic nitrogens is 2. The lowest BCUT2D eigenvalue weighted by Gasteiger charge is -1.94. The molecule has 0 aromatic carbocycles. The molecule has 68 valence electrons. The van der Waals surface area contributed by atoms with Gasteiger partial charge in [0.15, 0.2) is 0 Å². The summed E-state index contributed by atoms with van der Waals surface area (Å²) in [4.78, 5) is 7.51. The Hall–Kier alpha value is -0.440. The van der Waals surface area contributed by atoms with Crippen LogP contribution in [-0.4, -0.2) is 15.7 Å². The Labute approximate surface area is 78.2 Å². The Morgan fingerprint density at radius 1 is 1.50 bits per heavy atom. The van der Waals surface area contributed by atoms with Crippen LogP contribution in [0.1, 0.15) is 32.5 Å². The Morgan fingerprint density at radius 2 is 2.33 bits per heavy atom. The topological polar surface area (TPSA) is 28.7 Å². The van der Waals surface area contributed by atoms with Crippen LogP contribution in [0.2, 0.25) is 0 Å². The molecule has 0 aliphatic rings. The van der Waals surface area contributed by atoms with Crippen molar-refractivity contribution in [3.8, 4) is 0 Å². The second kappa shape index (κ2) is 5.25. The van der Waals surface area contributed by atoms with Gasteiger partial charge in [-0.25, -0.2) is 4.98 Å². The van der Waals surface area contributed by atoms with Crippen LogP contribution in [0, 0.1) is 0 Å². The molecule has 1 heterocycles. The fourth-order valence-corrected chi connectivity index (χ4v) is 1.89. The van der Waals surface area contributed by atoms with E-state index in [4.69, 9.17) is 0 Å². The normalized spacial score (nSPS) is 10.5. The van der Waals surface area contributed by atoms with Gasteiger partial charge in [0.05, 0.1) is 11.2 Å². The van der Waals surface area contributed by atoms with E-state index in [2.05, 4.69) is 23.8 Å². The molecule has 0 atom stereocenters. The van der Waals surface area contributed by atoms with Crippen molar-refractivity contribution in [1.29, 1.82) is 0 Å². The number of nitrogens with zero attached hydrogens (tertiary/aromatic N) is 1. The third-order valence-electron chi connectivity index (χ3n) is 1.70. The quantitative estimate of drug-likeness (QED) is 0.563. The van der Waals surface area contributed by atoms with Crippen LogP contribution in [0.4, 0.5) is 0 Å². The van der Waals surface area contributed by atoms with Gasteiger partial charge < -0.3 is 4.98 Å². The van der Waals surface area contributed by atoms with E-state index in [0.29, 0.717) is 0 Å². The maximum absolute atomic E-state index is 4.24. The van der Waals surface area contributed by atoms with Crippen molar-refractivity contribution in [2.45, 2.75) is 38.1 Å². The molecule has 0 spiro atoms. The van der Waals surface area contributed by atoms with E-state index in [1.807, 2.05) is 18.0 Å². The molecule has 3 heteroatoms. The molecule has 1 rings (SSSR count). The molecule has 1 aromatic rings. The molecule has 0 bridgehead atoms. The third kappa shape index (κ3) is 2.89. The van der Waals surface area contributed by atoms with E-state index < -0.39 is 0 Å². The number of nitrogens with one attached hydrogen (secondary N) is 1. The van der Waals surface area contributed by atoms with Crippen LogP contribution in [0.5, 0.6) is 0 Å². The van der Waals surface area contributed by atoms with Crippen LogP contribution >= 0.6 is 11.8 Å². The van der Waals surface area contributed by atoms with E-state index in [1.54, 1.807) is 0 Å². The summed E-state index contributed by atoms with van der Waals surface area (Å²) in [5, 5.41) is 1.21. The molecule has 0 radical (unpaired) electrons. The minimum absolute atomic E-state index is 0.994. The molecule has 12 heavy (non-hydrogen) atoms. The summed E-state index contributed by atoms with van der Waals surface area (Å²) in [6, 6.07) is 0. The van der Waals surface area contributed by atoms with Crippen molar-refractivity contribution in [2.24, 2.45) is 0 Å². The SMILES string of the molecule is CCCCSc1cnc(CC)[nH]1. The lowest BCUT2D eigenvalue weighted by molar-refractivity contribution is 0.894. The summed E-state index contributed by atoms with van der Waals surface area (Å²) >= 11 is 1.86. The van der Waals surface area contributed by atoms with E-state index >= 15 is 0 Å². The molecule has 0 unspecified atom stereocenters. The monoisotopic (exact) mass is 184 g/mol. The van der Waals surface area contributed by atoms with E-state index in [9.17, 15) is 0 Å². The summed E-state index contributed by atoms with van der Waals surface area (Å²) in [5.41, 5.74) is 0. The van der Waals surface area contributed by atoms with Crippen molar-refractivity contribution in [1.82, 2.24) is 9.97 Å². The fourth-order valence-electron chi connectivity index (χ4n) is 0.923. The number of aromatic amines is 1. The van der Waals surface area contributed by atoms with Gasteiger partial charge in [-0.1, -0.05) is 20.3 Å². The van der Waals surface area contributed by atoms with Gasteiger partial charge in [0.2, 0.25) is 0 Å². The van der Waals surface area contributed by atoms with Crippen molar-refractivity contribution >= 4 is 11.8 Å². The second-order valence-corrected chi connectivity index (χ2v) is 3.89. The standard InChI is InChI=1S/C9H16N2S/c1-3-5-6-12-9-7-10-8(4-2)11-9/h7H,3-6H2,1-2H3,(H,10,11). The molecule has 1 N–H and O–H groups in total. The number of hydrogen-bond donors (Lipinski definition) is 1. The molecular formula is C9H16N2S. The Bertz CT molecular complexity index is 220. The highest BCUT2D eigenvalue weighted by atomic mass is 32.2. The first-order chi connectivity index (χ1) is 5.86. The highest BCUT2D eigenvalue weighted by Crippen LogP contribution is 2.16.